The van der Waals surface area contributed by atoms with E-state index in [2.05, 4.69) is 17.2 Å². The largest absolute Gasteiger partial charge is 0.507 e. The van der Waals surface area contributed by atoms with Crippen LogP contribution in [0.5, 0.6) is 11.5 Å². The summed E-state index contributed by atoms with van der Waals surface area (Å²) in [5, 5.41) is 21.7. The quantitative estimate of drug-likeness (QED) is 0.599. The standard InChI is InChI=1S/C18H17NO4/c20-16-10-6-11-17(21)15(16)9-4-5-12-19-18(22)23-13-14-7-2-1-3-8-14/h1-3,6-8,10-11,20-21H,5,12-13H2,(H,19,22). The minimum Gasteiger partial charge on any atom is -0.507 e. The summed E-state index contributed by atoms with van der Waals surface area (Å²) in [6, 6.07) is 13.8. The average Bonchev–Trinajstić information content (AvgIpc) is 2.56. The number of nitrogens with one attached hydrogen (secondary N) is 1. The van der Waals surface area contributed by atoms with Crippen LogP contribution in [0.15, 0.2) is 48.5 Å². The molecule has 2 rings (SSSR count). The third kappa shape index (κ3) is 5.29. The molecule has 0 aromatic heterocycles. The maximum atomic E-state index is 11.5. The van der Waals surface area contributed by atoms with E-state index in [0.29, 0.717) is 13.0 Å². The molecule has 0 saturated heterocycles. The SMILES string of the molecule is O=C(NCCC#Cc1c(O)cccc1O)OCc1ccccc1. The van der Waals surface area contributed by atoms with Gasteiger partial charge in [0.15, 0.2) is 0 Å². The minimum absolute atomic E-state index is 0.0762. The zero-order valence-corrected chi connectivity index (χ0v) is 12.5. The first-order valence-electron chi connectivity index (χ1n) is 7.11. The van der Waals surface area contributed by atoms with Crippen molar-refractivity contribution in [2.75, 3.05) is 6.54 Å². The van der Waals surface area contributed by atoms with E-state index in [0.717, 1.165) is 5.56 Å². The van der Waals surface area contributed by atoms with Crippen molar-refractivity contribution in [3.63, 3.8) is 0 Å². The van der Waals surface area contributed by atoms with E-state index in [4.69, 9.17) is 4.74 Å². The lowest BCUT2D eigenvalue weighted by Gasteiger charge is -2.05. The summed E-state index contributed by atoms with van der Waals surface area (Å²) in [5.74, 6) is 5.29. The zero-order chi connectivity index (χ0) is 16.5. The lowest BCUT2D eigenvalue weighted by Crippen LogP contribution is -2.24. The zero-order valence-electron chi connectivity index (χ0n) is 12.5. The molecule has 0 fully saturated rings. The normalized spacial score (nSPS) is 9.57. The third-order valence-corrected chi connectivity index (χ3v) is 2.97. The highest BCUT2D eigenvalue weighted by Crippen LogP contribution is 2.24. The number of benzene rings is 2. The van der Waals surface area contributed by atoms with Gasteiger partial charge in [-0.25, -0.2) is 4.79 Å². The second-order valence-electron chi connectivity index (χ2n) is 4.71. The van der Waals surface area contributed by atoms with Gasteiger partial charge in [-0.1, -0.05) is 48.2 Å². The number of alkyl carbamates (subject to hydrolysis) is 1. The molecule has 1 amide bonds. The highest BCUT2D eigenvalue weighted by Gasteiger charge is 2.03. The van der Waals surface area contributed by atoms with Gasteiger partial charge >= 0.3 is 6.09 Å². The summed E-state index contributed by atoms with van der Waals surface area (Å²) in [5.41, 5.74) is 1.09. The molecular formula is C18H17NO4. The molecule has 0 saturated carbocycles. The van der Waals surface area contributed by atoms with Gasteiger partial charge in [0.25, 0.3) is 0 Å². The van der Waals surface area contributed by atoms with Gasteiger partial charge in [-0.05, 0) is 17.7 Å². The van der Waals surface area contributed by atoms with Crippen molar-refractivity contribution in [2.24, 2.45) is 0 Å². The van der Waals surface area contributed by atoms with Crippen LogP contribution in [0.4, 0.5) is 4.79 Å². The molecule has 0 atom stereocenters. The van der Waals surface area contributed by atoms with Gasteiger partial charge < -0.3 is 20.3 Å². The van der Waals surface area contributed by atoms with Crippen LogP contribution in [0.25, 0.3) is 0 Å². The number of ether oxygens (including phenoxy) is 1. The number of hydrogen-bond donors (Lipinski definition) is 3. The monoisotopic (exact) mass is 311 g/mol. The molecule has 5 heteroatoms. The van der Waals surface area contributed by atoms with E-state index in [1.54, 1.807) is 0 Å². The molecule has 2 aromatic rings. The fourth-order valence-corrected chi connectivity index (χ4v) is 1.81. The van der Waals surface area contributed by atoms with Crippen molar-refractivity contribution in [1.29, 1.82) is 0 Å². The maximum Gasteiger partial charge on any atom is 0.407 e. The van der Waals surface area contributed by atoms with Crippen molar-refractivity contribution >= 4 is 6.09 Å². The van der Waals surface area contributed by atoms with Gasteiger partial charge in [-0.15, -0.1) is 0 Å². The first-order chi connectivity index (χ1) is 11.2. The molecule has 5 nitrogen and oxygen atoms in total. The molecule has 0 aliphatic rings. The van der Waals surface area contributed by atoms with Crippen LogP contribution in [-0.4, -0.2) is 22.9 Å². The second-order valence-corrected chi connectivity index (χ2v) is 4.71. The summed E-state index contributed by atoms with van der Waals surface area (Å²) in [7, 11) is 0. The van der Waals surface area contributed by atoms with Crippen LogP contribution >= 0.6 is 0 Å². The molecule has 23 heavy (non-hydrogen) atoms. The van der Waals surface area contributed by atoms with Gasteiger partial charge in [-0.3, -0.25) is 0 Å². The molecule has 3 N–H and O–H groups in total. The highest BCUT2D eigenvalue weighted by atomic mass is 16.5. The van der Waals surface area contributed by atoms with Gasteiger partial charge in [0, 0.05) is 13.0 Å². The Morgan fingerprint density at radius 1 is 1.04 bits per heavy atom. The van der Waals surface area contributed by atoms with Gasteiger partial charge in [0.05, 0.1) is 0 Å². The Hall–Kier alpha value is -3.13. The van der Waals surface area contributed by atoms with Crippen LogP contribution in [0.3, 0.4) is 0 Å². The summed E-state index contributed by atoms with van der Waals surface area (Å²) in [6.45, 7) is 0.527. The van der Waals surface area contributed by atoms with Crippen LogP contribution in [-0.2, 0) is 11.3 Å². The third-order valence-electron chi connectivity index (χ3n) is 2.97. The van der Waals surface area contributed by atoms with Crippen molar-refractivity contribution < 1.29 is 19.7 Å². The Bertz CT molecular complexity index is 697. The van der Waals surface area contributed by atoms with Gasteiger partial charge in [0.1, 0.15) is 23.7 Å². The summed E-state index contributed by atoms with van der Waals surface area (Å²) < 4.78 is 5.05. The van der Waals surface area contributed by atoms with Gasteiger partial charge in [0.2, 0.25) is 0 Å². The Labute approximate surface area is 134 Å². The number of hydrogen-bond acceptors (Lipinski definition) is 4. The predicted octanol–water partition coefficient (Wildman–Crippen LogP) is 2.77. The highest BCUT2D eigenvalue weighted by molar-refractivity contribution is 5.67. The van der Waals surface area contributed by atoms with Gasteiger partial charge in [-0.2, -0.15) is 0 Å². The number of carbonyl (C=O) groups excluding carboxylic acids is 1. The molecule has 2 aromatic carbocycles. The van der Waals surface area contributed by atoms with E-state index in [-0.39, 0.29) is 23.7 Å². The fourth-order valence-electron chi connectivity index (χ4n) is 1.81. The van der Waals surface area contributed by atoms with E-state index in [1.807, 2.05) is 30.3 Å². The molecule has 0 spiro atoms. The fraction of sp³-hybridized carbons (Fsp3) is 0.167. The summed E-state index contributed by atoms with van der Waals surface area (Å²) >= 11 is 0. The first-order valence-corrected chi connectivity index (χ1v) is 7.11. The summed E-state index contributed by atoms with van der Waals surface area (Å²) in [6.07, 6.45) is -0.144. The van der Waals surface area contributed by atoms with Crippen molar-refractivity contribution in [3.8, 4) is 23.3 Å². The second kappa shape index (κ2) is 8.35. The Morgan fingerprint density at radius 2 is 1.74 bits per heavy atom. The van der Waals surface area contributed by atoms with E-state index < -0.39 is 6.09 Å². The Morgan fingerprint density at radius 3 is 2.43 bits per heavy atom. The molecule has 0 aliphatic carbocycles. The number of rotatable bonds is 4. The Kier molecular flexibility index (Phi) is 5.89. The number of phenols is 2. The van der Waals surface area contributed by atoms with E-state index in [1.165, 1.54) is 18.2 Å². The topological polar surface area (TPSA) is 78.8 Å². The molecule has 0 radical (unpaired) electrons. The van der Waals surface area contributed by atoms with E-state index in [9.17, 15) is 15.0 Å². The molecule has 0 aliphatic heterocycles. The van der Waals surface area contributed by atoms with Crippen molar-refractivity contribution in [2.45, 2.75) is 13.0 Å². The molecule has 0 unspecified atom stereocenters. The maximum absolute atomic E-state index is 11.5. The molecule has 0 bridgehead atoms. The van der Waals surface area contributed by atoms with Crippen molar-refractivity contribution in [1.82, 2.24) is 5.32 Å². The minimum atomic E-state index is -0.513. The number of aromatic hydroxyl groups is 2. The number of carbonyl (C=O) groups is 1. The lowest BCUT2D eigenvalue weighted by molar-refractivity contribution is 0.140. The molecule has 0 heterocycles. The van der Waals surface area contributed by atoms with E-state index >= 15 is 0 Å². The molecule has 118 valence electrons. The van der Waals surface area contributed by atoms with Crippen LogP contribution < -0.4 is 5.32 Å². The van der Waals surface area contributed by atoms with Crippen LogP contribution in [0.2, 0.25) is 0 Å². The van der Waals surface area contributed by atoms with Crippen LogP contribution in [0.1, 0.15) is 17.5 Å². The predicted molar refractivity (Wildman–Crippen MR) is 85.9 cm³/mol. The molecular weight excluding hydrogens is 294 g/mol. The van der Waals surface area contributed by atoms with Crippen LogP contribution in [0, 0.1) is 11.8 Å². The van der Waals surface area contributed by atoms with Crippen molar-refractivity contribution in [3.05, 3.63) is 59.7 Å². The first kappa shape index (κ1) is 16.2. The average molecular weight is 311 g/mol. The smallest absolute Gasteiger partial charge is 0.407 e. The summed E-state index contributed by atoms with van der Waals surface area (Å²) in [4.78, 5) is 11.5. The number of amides is 1. The number of phenolic OH excluding ortho intramolecular Hbond substituents is 2. The lowest BCUT2D eigenvalue weighted by atomic mass is 10.2. The Balaban J connectivity index is 1.71.